The summed E-state index contributed by atoms with van der Waals surface area (Å²) < 4.78 is 5.15. The predicted molar refractivity (Wildman–Crippen MR) is 71.8 cm³/mol. The molecule has 0 radical (unpaired) electrons. The Morgan fingerprint density at radius 2 is 2.17 bits per heavy atom. The first kappa shape index (κ1) is 12.7. The summed E-state index contributed by atoms with van der Waals surface area (Å²) in [7, 11) is 1.58. The van der Waals surface area contributed by atoms with Gasteiger partial charge in [-0.05, 0) is 31.4 Å². The number of methoxy groups -OCH3 is 1. The van der Waals surface area contributed by atoms with Crippen molar-refractivity contribution in [2.24, 2.45) is 0 Å². The Morgan fingerprint density at radius 1 is 1.44 bits per heavy atom. The van der Waals surface area contributed by atoms with Crippen molar-refractivity contribution < 1.29 is 9.53 Å². The quantitative estimate of drug-likeness (QED) is 0.813. The molecule has 4 nitrogen and oxygen atoms in total. The van der Waals surface area contributed by atoms with E-state index in [-0.39, 0.29) is 5.91 Å². The Balaban J connectivity index is 2.23. The highest BCUT2D eigenvalue weighted by atomic mass is 16.5. The SMILES string of the molecule is CCCN(C(=O)c1cc(N)cc(OC)c1)C1CC1. The molecule has 1 aromatic rings. The molecule has 2 N–H and O–H groups in total. The van der Waals surface area contributed by atoms with E-state index in [4.69, 9.17) is 10.5 Å². The van der Waals surface area contributed by atoms with Crippen molar-refractivity contribution in [3.8, 4) is 5.75 Å². The molecule has 4 heteroatoms. The van der Waals surface area contributed by atoms with Crippen LogP contribution in [0.25, 0.3) is 0 Å². The topological polar surface area (TPSA) is 55.6 Å². The number of nitrogens with zero attached hydrogens (tertiary/aromatic N) is 1. The maximum Gasteiger partial charge on any atom is 0.254 e. The number of hydrogen-bond donors (Lipinski definition) is 1. The molecule has 1 saturated carbocycles. The fraction of sp³-hybridized carbons (Fsp3) is 0.500. The van der Waals surface area contributed by atoms with Crippen LogP contribution >= 0.6 is 0 Å². The highest BCUT2D eigenvalue weighted by molar-refractivity contribution is 5.96. The van der Waals surface area contributed by atoms with E-state index in [1.54, 1.807) is 25.3 Å². The molecule has 1 fully saturated rings. The van der Waals surface area contributed by atoms with Crippen LogP contribution in [0.2, 0.25) is 0 Å². The molecule has 1 aromatic carbocycles. The van der Waals surface area contributed by atoms with Crippen LogP contribution in [0.1, 0.15) is 36.5 Å². The summed E-state index contributed by atoms with van der Waals surface area (Å²) in [4.78, 5) is 14.4. The van der Waals surface area contributed by atoms with Gasteiger partial charge in [0.1, 0.15) is 5.75 Å². The van der Waals surface area contributed by atoms with Crippen molar-refractivity contribution in [2.75, 3.05) is 19.4 Å². The third kappa shape index (κ3) is 2.75. The van der Waals surface area contributed by atoms with Crippen molar-refractivity contribution in [3.63, 3.8) is 0 Å². The zero-order valence-corrected chi connectivity index (χ0v) is 11.0. The lowest BCUT2D eigenvalue weighted by atomic mass is 10.1. The van der Waals surface area contributed by atoms with Gasteiger partial charge in [-0.1, -0.05) is 6.92 Å². The number of ether oxygens (including phenoxy) is 1. The number of anilines is 1. The number of nitrogens with two attached hydrogens (primary N) is 1. The van der Waals surface area contributed by atoms with Crippen molar-refractivity contribution in [1.29, 1.82) is 0 Å². The van der Waals surface area contributed by atoms with E-state index in [0.29, 0.717) is 23.0 Å². The van der Waals surface area contributed by atoms with Crippen LogP contribution in [-0.4, -0.2) is 30.5 Å². The van der Waals surface area contributed by atoms with Gasteiger partial charge in [0.05, 0.1) is 7.11 Å². The van der Waals surface area contributed by atoms with E-state index in [9.17, 15) is 4.79 Å². The number of rotatable bonds is 5. The van der Waals surface area contributed by atoms with Crippen LogP contribution in [-0.2, 0) is 0 Å². The molecule has 1 aliphatic carbocycles. The van der Waals surface area contributed by atoms with E-state index in [1.165, 1.54) is 0 Å². The monoisotopic (exact) mass is 248 g/mol. The summed E-state index contributed by atoms with van der Waals surface area (Å²) in [6, 6.07) is 5.61. The minimum Gasteiger partial charge on any atom is -0.497 e. The zero-order valence-electron chi connectivity index (χ0n) is 11.0. The molecule has 18 heavy (non-hydrogen) atoms. The summed E-state index contributed by atoms with van der Waals surface area (Å²) >= 11 is 0. The molecule has 0 aromatic heterocycles. The average molecular weight is 248 g/mol. The van der Waals surface area contributed by atoms with Crippen LogP contribution in [0.3, 0.4) is 0 Å². The van der Waals surface area contributed by atoms with E-state index >= 15 is 0 Å². The molecule has 0 aliphatic heterocycles. The Kier molecular flexibility index (Phi) is 3.75. The van der Waals surface area contributed by atoms with Crippen molar-refractivity contribution >= 4 is 11.6 Å². The minimum absolute atomic E-state index is 0.0601. The number of nitrogen functional groups attached to an aromatic ring is 1. The number of carbonyl (C=O) groups excluding carboxylic acids is 1. The average Bonchev–Trinajstić information content (AvgIpc) is 3.18. The number of amides is 1. The summed E-state index contributed by atoms with van der Waals surface area (Å²) in [6.07, 6.45) is 3.21. The predicted octanol–water partition coefficient (Wildman–Crippen LogP) is 2.29. The van der Waals surface area contributed by atoms with Crippen LogP contribution in [0.4, 0.5) is 5.69 Å². The van der Waals surface area contributed by atoms with Gasteiger partial charge < -0.3 is 15.4 Å². The Bertz CT molecular complexity index is 441. The first-order chi connectivity index (χ1) is 8.65. The van der Waals surface area contributed by atoms with Crippen LogP contribution in [0.15, 0.2) is 18.2 Å². The first-order valence-corrected chi connectivity index (χ1v) is 6.41. The van der Waals surface area contributed by atoms with Gasteiger partial charge in [0, 0.05) is 29.9 Å². The second kappa shape index (κ2) is 5.29. The molecular weight excluding hydrogens is 228 g/mol. The van der Waals surface area contributed by atoms with Gasteiger partial charge in [-0.2, -0.15) is 0 Å². The van der Waals surface area contributed by atoms with Crippen LogP contribution < -0.4 is 10.5 Å². The van der Waals surface area contributed by atoms with Gasteiger partial charge in [-0.25, -0.2) is 0 Å². The van der Waals surface area contributed by atoms with E-state index in [1.807, 2.05) is 4.90 Å². The maximum atomic E-state index is 12.5. The number of carbonyl (C=O) groups is 1. The normalized spacial score (nSPS) is 14.3. The Labute approximate surface area is 108 Å². The molecule has 1 aliphatic rings. The fourth-order valence-electron chi connectivity index (χ4n) is 2.11. The molecule has 0 spiro atoms. The van der Waals surface area contributed by atoms with Gasteiger partial charge in [-0.3, -0.25) is 4.79 Å². The Hall–Kier alpha value is -1.71. The molecule has 1 amide bonds. The standard InChI is InChI=1S/C14H20N2O2/c1-3-6-16(12-4-5-12)14(17)10-7-11(15)9-13(8-10)18-2/h7-9,12H,3-6,15H2,1-2H3. The van der Waals surface area contributed by atoms with E-state index in [0.717, 1.165) is 25.8 Å². The van der Waals surface area contributed by atoms with Crippen molar-refractivity contribution in [2.45, 2.75) is 32.2 Å². The smallest absolute Gasteiger partial charge is 0.254 e. The fourth-order valence-corrected chi connectivity index (χ4v) is 2.11. The lowest BCUT2D eigenvalue weighted by Crippen LogP contribution is -2.33. The molecular formula is C14H20N2O2. The zero-order chi connectivity index (χ0) is 13.1. The minimum atomic E-state index is 0.0601. The molecule has 0 heterocycles. The molecule has 0 saturated heterocycles. The van der Waals surface area contributed by atoms with Gasteiger partial charge in [0.15, 0.2) is 0 Å². The van der Waals surface area contributed by atoms with Crippen molar-refractivity contribution in [3.05, 3.63) is 23.8 Å². The van der Waals surface area contributed by atoms with Crippen LogP contribution in [0.5, 0.6) is 5.75 Å². The van der Waals surface area contributed by atoms with E-state index in [2.05, 4.69) is 6.92 Å². The number of benzene rings is 1. The Morgan fingerprint density at radius 3 is 2.72 bits per heavy atom. The molecule has 2 rings (SSSR count). The molecule has 0 unspecified atom stereocenters. The highest BCUT2D eigenvalue weighted by Gasteiger charge is 2.32. The van der Waals surface area contributed by atoms with E-state index < -0.39 is 0 Å². The summed E-state index contributed by atoms with van der Waals surface area (Å²) in [5.41, 5.74) is 6.97. The lowest BCUT2D eigenvalue weighted by Gasteiger charge is -2.22. The maximum absolute atomic E-state index is 12.5. The van der Waals surface area contributed by atoms with Gasteiger partial charge in [0.2, 0.25) is 0 Å². The third-order valence-electron chi connectivity index (χ3n) is 3.12. The molecule has 0 atom stereocenters. The summed E-state index contributed by atoms with van der Waals surface area (Å²) in [5.74, 6) is 0.690. The lowest BCUT2D eigenvalue weighted by molar-refractivity contribution is 0.0743. The molecule has 98 valence electrons. The first-order valence-electron chi connectivity index (χ1n) is 6.41. The van der Waals surface area contributed by atoms with Gasteiger partial charge in [-0.15, -0.1) is 0 Å². The van der Waals surface area contributed by atoms with Crippen LogP contribution in [0, 0.1) is 0 Å². The second-order valence-electron chi connectivity index (χ2n) is 4.72. The van der Waals surface area contributed by atoms with Gasteiger partial charge in [0.25, 0.3) is 5.91 Å². The molecule has 0 bridgehead atoms. The summed E-state index contributed by atoms with van der Waals surface area (Å²) in [5, 5.41) is 0. The largest absolute Gasteiger partial charge is 0.497 e. The second-order valence-corrected chi connectivity index (χ2v) is 4.72. The third-order valence-corrected chi connectivity index (χ3v) is 3.12. The number of hydrogen-bond acceptors (Lipinski definition) is 3. The highest BCUT2D eigenvalue weighted by Crippen LogP contribution is 2.29. The van der Waals surface area contributed by atoms with Crippen molar-refractivity contribution in [1.82, 2.24) is 4.90 Å². The van der Waals surface area contributed by atoms with Gasteiger partial charge >= 0.3 is 0 Å². The summed E-state index contributed by atoms with van der Waals surface area (Å²) in [6.45, 7) is 2.89.